The quantitative estimate of drug-likeness (QED) is 0.850. The molecule has 0 fully saturated rings. The predicted molar refractivity (Wildman–Crippen MR) is 61.3 cm³/mol. The van der Waals surface area contributed by atoms with E-state index in [9.17, 15) is 8.42 Å². The highest BCUT2D eigenvalue weighted by atomic mass is 79.9. The Morgan fingerprint density at radius 1 is 1.29 bits per heavy atom. The molecule has 0 saturated heterocycles. The highest BCUT2D eigenvalue weighted by molar-refractivity contribution is 9.11. The van der Waals surface area contributed by atoms with Crippen LogP contribution in [0.4, 0.5) is 0 Å². The molecular weight excluding hydrogens is 264 g/mol. The van der Waals surface area contributed by atoms with Crippen LogP contribution < -0.4 is 0 Å². The van der Waals surface area contributed by atoms with Gasteiger partial charge in [0.25, 0.3) is 0 Å². The standard InChI is InChI=1S/C10H11BrO2S/c1-9-3-5-10(6-4-9)14(12,13)8-2-7-11/h2-7H,8H2,1H3/b7-2+. The molecule has 14 heavy (non-hydrogen) atoms. The van der Waals surface area contributed by atoms with Gasteiger partial charge in [-0.2, -0.15) is 0 Å². The van der Waals surface area contributed by atoms with Gasteiger partial charge >= 0.3 is 0 Å². The van der Waals surface area contributed by atoms with E-state index in [1.165, 1.54) is 0 Å². The maximum atomic E-state index is 11.6. The zero-order chi connectivity index (χ0) is 10.6. The van der Waals surface area contributed by atoms with Gasteiger partial charge < -0.3 is 0 Å². The van der Waals surface area contributed by atoms with Crippen LogP contribution in [0.2, 0.25) is 0 Å². The number of hydrogen-bond acceptors (Lipinski definition) is 2. The maximum absolute atomic E-state index is 11.6. The molecule has 0 saturated carbocycles. The van der Waals surface area contributed by atoms with Crippen molar-refractivity contribution in [2.24, 2.45) is 0 Å². The first-order valence-corrected chi connectivity index (χ1v) is 6.68. The van der Waals surface area contributed by atoms with E-state index >= 15 is 0 Å². The highest BCUT2D eigenvalue weighted by Crippen LogP contribution is 2.12. The van der Waals surface area contributed by atoms with Crippen molar-refractivity contribution in [2.75, 3.05) is 5.75 Å². The molecule has 1 aromatic carbocycles. The Morgan fingerprint density at radius 3 is 2.36 bits per heavy atom. The third-order valence-corrected chi connectivity index (χ3v) is 3.78. The minimum atomic E-state index is -3.16. The Hall–Kier alpha value is -0.610. The summed E-state index contributed by atoms with van der Waals surface area (Å²) in [5.41, 5.74) is 1.06. The average molecular weight is 275 g/mol. The van der Waals surface area contributed by atoms with E-state index < -0.39 is 9.84 Å². The molecule has 4 heteroatoms. The van der Waals surface area contributed by atoms with E-state index in [0.29, 0.717) is 4.90 Å². The molecule has 0 radical (unpaired) electrons. The topological polar surface area (TPSA) is 34.1 Å². The van der Waals surface area contributed by atoms with Crippen LogP contribution in [0, 0.1) is 6.92 Å². The van der Waals surface area contributed by atoms with Crippen molar-refractivity contribution in [2.45, 2.75) is 11.8 Å². The van der Waals surface area contributed by atoms with Crippen LogP contribution in [-0.4, -0.2) is 14.2 Å². The summed E-state index contributed by atoms with van der Waals surface area (Å²) in [7, 11) is -3.16. The molecule has 76 valence electrons. The summed E-state index contributed by atoms with van der Waals surface area (Å²) in [4.78, 5) is 1.92. The van der Waals surface area contributed by atoms with Crippen molar-refractivity contribution >= 4 is 25.8 Å². The molecule has 0 heterocycles. The summed E-state index contributed by atoms with van der Waals surface area (Å²) < 4.78 is 23.3. The molecule has 0 spiro atoms. The van der Waals surface area contributed by atoms with Crippen molar-refractivity contribution < 1.29 is 8.42 Å². The summed E-state index contributed by atoms with van der Waals surface area (Å²) in [6.07, 6.45) is 1.56. The Balaban J connectivity index is 2.99. The second-order valence-electron chi connectivity index (χ2n) is 2.96. The van der Waals surface area contributed by atoms with E-state index in [1.54, 1.807) is 35.3 Å². The average Bonchev–Trinajstić information content (AvgIpc) is 2.16. The fourth-order valence-electron chi connectivity index (χ4n) is 1.00. The van der Waals surface area contributed by atoms with Crippen LogP contribution >= 0.6 is 15.9 Å². The highest BCUT2D eigenvalue weighted by Gasteiger charge is 2.11. The fraction of sp³-hybridized carbons (Fsp3) is 0.200. The monoisotopic (exact) mass is 274 g/mol. The van der Waals surface area contributed by atoms with E-state index in [2.05, 4.69) is 15.9 Å². The number of sulfone groups is 1. The molecule has 0 bridgehead atoms. The smallest absolute Gasteiger partial charge is 0.181 e. The first-order chi connectivity index (χ1) is 6.56. The van der Waals surface area contributed by atoms with Crippen molar-refractivity contribution in [1.29, 1.82) is 0 Å². The van der Waals surface area contributed by atoms with Crippen LogP contribution in [-0.2, 0) is 9.84 Å². The zero-order valence-corrected chi connectivity index (χ0v) is 10.2. The van der Waals surface area contributed by atoms with Gasteiger partial charge in [0, 0.05) is 0 Å². The first kappa shape index (κ1) is 11.5. The predicted octanol–water partition coefficient (Wildman–Crippen LogP) is 2.68. The molecule has 0 atom stereocenters. The van der Waals surface area contributed by atoms with Gasteiger partial charge in [-0.05, 0) is 24.0 Å². The van der Waals surface area contributed by atoms with E-state index in [4.69, 9.17) is 0 Å². The number of hydrogen-bond donors (Lipinski definition) is 0. The molecule has 1 aromatic rings. The summed E-state index contributed by atoms with van der Waals surface area (Å²) in [5.74, 6) is 0.0291. The minimum Gasteiger partial charge on any atom is -0.223 e. The molecule has 0 aliphatic carbocycles. The molecule has 0 unspecified atom stereocenters. The van der Waals surface area contributed by atoms with E-state index in [0.717, 1.165) is 5.56 Å². The van der Waals surface area contributed by atoms with Gasteiger partial charge in [-0.15, -0.1) is 0 Å². The summed E-state index contributed by atoms with van der Waals surface area (Å²) in [6, 6.07) is 6.86. The van der Waals surface area contributed by atoms with Gasteiger partial charge in [-0.3, -0.25) is 0 Å². The molecular formula is C10H11BrO2S. The Labute approximate surface area is 92.7 Å². The van der Waals surface area contributed by atoms with Crippen molar-refractivity contribution in [3.05, 3.63) is 40.9 Å². The van der Waals surface area contributed by atoms with Crippen LogP contribution in [0.15, 0.2) is 40.2 Å². The lowest BCUT2D eigenvalue weighted by Gasteiger charge is -2.01. The summed E-state index contributed by atoms with van der Waals surface area (Å²) >= 11 is 3.04. The Morgan fingerprint density at radius 2 is 1.86 bits per heavy atom. The molecule has 0 aliphatic heterocycles. The van der Waals surface area contributed by atoms with Crippen LogP contribution in [0.3, 0.4) is 0 Å². The number of aryl methyl sites for hydroxylation is 1. The summed E-state index contributed by atoms with van der Waals surface area (Å²) in [5, 5.41) is 0. The van der Waals surface area contributed by atoms with Gasteiger partial charge in [-0.1, -0.05) is 39.7 Å². The Bertz CT molecular complexity index is 418. The van der Waals surface area contributed by atoms with Crippen LogP contribution in [0.1, 0.15) is 5.56 Å². The number of halogens is 1. The third-order valence-electron chi connectivity index (χ3n) is 1.78. The van der Waals surface area contributed by atoms with Gasteiger partial charge in [-0.25, -0.2) is 8.42 Å². The lowest BCUT2D eigenvalue weighted by atomic mass is 10.2. The van der Waals surface area contributed by atoms with Gasteiger partial charge in [0.2, 0.25) is 0 Å². The van der Waals surface area contributed by atoms with Gasteiger partial charge in [0.05, 0.1) is 10.6 Å². The third kappa shape index (κ3) is 2.96. The molecule has 2 nitrogen and oxygen atoms in total. The molecule has 0 aliphatic rings. The lowest BCUT2D eigenvalue weighted by molar-refractivity contribution is 0.599. The molecule has 0 aromatic heterocycles. The second kappa shape index (κ2) is 4.75. The lowest BCUT2D eigenvalue weighted by Crippen LogP contribution is -2.04. The normalized spacial score (nSPS) is 12.1. The first-order valence-electron chi connectivity index (χ1n) is 4.11. The van der Waals surface area contributed by atoms with Gasteiger partial charge in [0.15, 0.2) is 9.84 Å². The van der Waals surface area contributed by atoms with Gasteiger partial charge in [0.1, 0.15) is 0 Å². The maximum Gasteiger partial charge on any atom is 0.181 e. The number of benzene rings is 1. The fourth-order valence-corrected chi connectivity index (χ4v) is 2.53. The molecule has 0 amide bonds. The van der Waals surface area contributed by atoms with Crippen LogP contribution in [0.5, 0.6) is 0 Å². The minimum absolute atomic E-state index is 0.0291. The van der Waals surface area contributed by atoms with Crippen molar-refractivity contribution in [1.82, 2.24) is 0 Å². The zero-order valence-electron chi connectivity index (χ0n) is 7.77. The van der Waals surface area contributed by atoms with E-state index in [-0.39, 0.29) is 5.75 Å². The molecule has 1 rings (SSSR count). The number of rotatable bonds is 3. The Kier molecular flexibility index (Phi) is 3.89. The SMILES string of the molecule is Cc1ccc(S(=O)(=O)C/C=C/Br)cc1. The van der Waals surface area contributed by atoms with Crippen LogP contribution in [0.25, 0.3) is 0 Å². The molecule has 0 N–H and O–H groups in total. The largest absolute Gasteiger partial charge is 0.223 e. The van der Waals surface area contributed by atoms with Crippen molar-refractivity contribution in [3.63, 3.8) is 0 Å². The van der Waals surface area contributed by atoms with E-state index in [1.807, 2.05) is 6.92 Å². The van der Waals surface area contributed by atoms with Crippen molar-refractivity contribution in [3.8, 4) is 0 Å². The second-order valence-corrected chi connectivity index (χ2v) is 5.52. The summed E-state index contributed by atoms with van der Waals surface area (Å²) in [6.45, 7) is 1.93.